The van der Waals surface area contributed by atoms with Gasteiger partial charge >= 0.3 is 6.03 Å². The van der Waals surface area contributed by atoms with Gasteiger partial charge in [-0.3, -0.25) is 4.79 Å². The lowest BCUT2D eigenvalue weighted by atomic mass is 9.94. The SMILES string of the molecule is CCOc1cc([C@@H](C)N(CCC2Cc3ccccc3C2)C(N)=O)c(C)c(OCC)c1C(C)=O. The maximum atomic E-state index is 12.5. The molecule has 0 bridgehead atoms. The summed E-state index contributed by atoms with van der Waals surface area (Å²) in [5.41, 5.74) is 10.8. The van der Waals surface area contributed by atoms with E-state index in [9.17, 15) is 9.59 Å². The molecule has 0 aromatic heterocycles. The second-order valence-electron chi connectivity index (χ2n) is 8.75. The highest BCUT2D eigenvalue weighted by Gasteiger charge is 2.29. The molecule has 0 unspecified atom stereocenters. The number of carbonyl (C=O) groups is 2. The van der Waals surface area contributed by atoms with Gasteiger partial charge < -0.3 is 20.1 Å². The molecule has 0 heterocycles. The smallest absolute Gasteiger partial charge is 0.315 e. The van der Waals surface area contributed by atoms with Crippen LogP contribution in [-0.2, 0) is 12.8 Å². The first-order valence-electron chi connectivity index (χ1n) is 11.8. The second-order valence-corrected chi connectivity index (χ2v) is 8.75. The van der Waals surface area contributed by atoms with Gasteiger partial charge in [0.05, 0.1) is 19.3 Å². The number of primary amides is 1. The number of hydrogen-bond acceptors (Lipinski definition) is 4. The number of carbonyl (C=O) groups excluding carboxylic acids is 2. The lowest BCUT2D eigenvalue weighted by Gasteiger charge is -2.31. The molecule has 1 atom stereocenters. The van der Waals surface area contributed by atoms with E-state index in [2.05, 4.69) is 24.3 Å². The molecule has 0 radical (unpaired) electrons. The Balaban J connectivity index is 1.88. The highest BCUT2D eigenvalue weighted by atomic mass is 16.5. The fourth-order valence-electron chi connectivity index (χ4n) is 4.95. The number of Topliss-reactive ketones (excluding diaryl/α,β-unsaturated/α-hetero) is 1. The fraction of sp³-hybridized carbons (Fsp3) is 0.481. The number of nitrogens with two attached hydrogens (primary N) is 1. The number of benzene rings is 2. The standard InChI is InChI=1S/C27H36N2O4/c1-6-32-24-16-23(17(3)26(33-7-2)25(24)19(5)30)18(4)29(27(28)31)13-12-20-14-21-10-8-9-11-22(21)15-20/h8-11,16,18,20H,6-7,12-15H2,1-5H3,(H2,28,31)/t18-/m1/s1. The van der Waals surface area contributed by atoms with Crippen LogP contribution >= 0.6 is 0 Å². The first kappa shape index (κ1) is 24.6. The molecule has 0 fully saturated rings. The van der Waals surface area contributed by atoms with E-state index in [0.717, 1.165) is 30.4 Å². The summed E-state index contributed by atoms with van der Waals surface area (Å²) in [6.45, 7) is 10.6. The van der Waals surface area contributed by atoms with Crippen molar-refractivity contribution in [2.75, 3.05) is 19.8 Å². The van der Waals surface area contributed by atoms with Crippen molar-refractivity contribution in [2.24, 2.45) is 11.7 Å². The van der Waals surface area contributed by atoms with Gasteiger partial charge in [0.25, 0.3) is 0 Å². The van der Waals surface area contributed by atoms with Gasteiger partial charge in [0.2, 0.25) is 0 Å². The van der Waals surface area contributed by atoms with Gasteiger partial charge in [-0.05, 0) is 88.1 Å². The number of nitrogens with zero attached hydrogens (tertiary/aromatic N) is 1. The number of urea groups is 1. The molecule has 1 aliphatic rings. The highest BCUT2D eigenvalue weighted by molar-refractivity contribution is 6.00. The molecule has 2 amide bonds. The molecule has 2 aromatic rings. The zero-order chi connectivity index (χ0) is 24.1. The first-order chi connectivity index (χ1) is 15.8. The monoisotopic (exact) mass is 452 g/mol. The van der Waals surface area contributed by atoms with Crippen LogP contribution < -0.4 is 15.2 Å². The summed E-state index contributed by atoms with van der Waals surface area (Å²) in [4.78, 5) is 26.6. The Hall–Kier alpha value is -3.02. The summed E-state index contributed by atoms with van der Waals surface area (Å²) in [6, 6.07) is 9.67. The molecule has 2 aromatic carbocycles. The van der Waals surface area contributed by atoms with Crippen LogP contribution in [0, 0.1) is 12.8 Å². The molecule has 2 N–H and O–H groups in total. The van der Waals surface area contributed by atoms with Gasteiger partial charge in [-0.1, -0.05) is 24.3 Å². The van der Waals surface area contributed by atoms with Crippen LogP contribution in [0.5, 0.6) is 11.5 Å². The predicted octanol–water partition coefficient (Wildman–Crippen LogP) is 5.24. The molecule has 6 nitrogen and oxygen atoms in total. The lowest BCUT2D eigenvalue weighted by molar-refractivity contribution is 0.100. The number of ether oxygens (including phenoxy) is 2. The molecule has 0 saturated carbocycles. The minimum atomic E-state index is -0.455. The number of amides is 2. The van der Waals surface area contributed by atoms with Crippen molar-refractivity contribution >= 4 is 11.8 Å². The Morgan fingerprint density at radius 3 is 2.24 bits per heavy atom. The third kappa shape index (κ3) is 5.32. The topological polar surface area (TPSA) is 81.9 Å². The summed E-state index contributed by atoms with van der Waals surface area (Å²) in [6.07, 6.45) is 2.95. The van der Waals surface area contributed by atoms with E-state index >= 15 is 0 Å². The summed E-state index contributed by atoms with van der Waals surface area (Å²) in [5.74, 6) is 1.39. The summed E-state index contributed by atoms with van der Waals surface area (Å²) >= 11 is 0. The van der Waals surface area contributed by atoms with Crippen molar-refractivity contribution in [2.45, 2.75) is 59.9 Å². The van der Waals surface area contributed by atoms with Crippen LogP contribution in [0.15, 0.2) is 30.3 Å². The molecule has 6 heteroatoms. The lowest BCUT2D eigenvalue weighted by Crippen LogP contribution is -2.39. The molecular weight excluding hydrogens is 416 g/mol. The fourth-order valence-corrected chi connectivity index (χ4v) is 4.95. The predicted molar refractivity (Wildman–Crippen MR) is 130 cm³/mol. The highest BCUT2D eigenvalue weighted by Crippen LogP contribution is 2.39. The minimum Gasteiger partial charge on any atom is -0.493 e. The van der Waals surface area contributed by atoms with Crippen molar-refractivity contribution in [3.05, 3.63) is 58.1 Å². The number of fused-ring (bicyclic) bond motifs is 1. The summed E-state index contributed by atoms with van der Waals surface area (Å²) in [7, 11) is 0. The number of rotatable bonds is 10. The van der Waals surface area contributed by atoms with E-state index in [1.807, 2.05) is 33.8 Å². The Morgan fingerprint density at radius 2 is 1.73 bits per heavy atom. The van der Waals surface area contributed by atoms with Crippen LogP contribution in [0.2, 0.25) is 0 Å². The van der Waals surface area contributed by atoms with E-state index < -0.39 is 6.03 Å². The van der Waals surface area contributed by atoms with Crippen molar-refractivity contribution in [1.29, 1.82) is 0 Å². The zero-order valence-corrected chi connectivity index (χ0v) is 20.4. The van der Waals surface area contributed by atoms with Crippen molar-refractivity contribution < 1.29 is 19.1 Å². The molecule has 178 valence electrons. The third-order valence-corrected chi connectivity index (χ3v) is 6.59. The van der Waals surface area contributed by atoms with Crippen molar-refractivity contribution in [1.82, 2.24) is 4.90 Å². The van der Waals surface area contributed by atoms with Crippen molar-refractivity contribution in [3.8, 4) is 11.5 Å². The van der Waals surface area contributed by atoms with Gasteiger partial charge in [-0.2, -0.15) is 0 Å². The Kier molecular flexibility index (Phi) is 8.01. The Bertz CT molecular complexity index is 992. The van der Waals surface area contributed by atoms with Crippen LogP contribution in [0.4, 0.5) is 4.79 Å². The van der Waals surface area contributed by atoms with Gasteiger partial charge in [0.15, 0.2) is 5.78 Å². The van der Waals surface area contributed by atoms with E-state index in [1.54, 1.807) is 4.90 Å². The zero-order valence-electron chi connectivity index (χ0n) is 20.4. The molecule has 33 heavy (non-hydrogen) atoms. The first-order valence-corrected chi connectivity index (χ1v) is 11.8. The van der Waals surface area contributed by atoms with Crippen LogP contribution in [0.3, 0.4) is 0 Å². The average molecular weight is 453 g/mol. The quantitative estimate of drug-likeness (QED) is 0.500. The third-order valence-electron chi connectivity index (χ3n) is 6.59. The van der Waals surface area contributed by atoms with Crippen LogP contribution in [0.1, 0.15) is 72.8 Å². The molecule has 0 spiro atoms. The van der Waals surface area contributed by atoms with E-state index in [-0.39, 0.29) is 11.8 Å². The largest absolute Gasteiger partial charge is 0.493 e. The molecule has 1 aliphatic carbocycles. The Labute approximate surface area is 197 Å². The van der Waals surface area contributed by atoms with Gasteiger partial charge in [-0.25, -0.2) is 4.79 Å². The van der Waals surface area contributed by atoms with Gasteiger partial charge in [0, 0.05) is 6.54 Å². The summed E-state index contributed by atoms with van der Waals surface area (Å²) in [5, 5.41) is 0. The number of hydrogen-bond donors (Lipinski definition) is 1. The van der Waals surface area contributed by atoms with Gasteiger partial charge in [-0.15, -0.1) is 0 Å². The van der Waals surface area contributed by atoms with Crippen molar-refractivity contribution in [3.63, 3.8) is 0 Å². The average Bonchev–Trinajstić information content (AvgIpc) is 3.18. The maximum absolute atomic E-state index is 12.5. The minimum absolute atomic E-state index is 0.114. The van der Waals surface area contributed by atoms with E-state index in [1.165, 1.54) is 18.1 Å². The molecule has 0 saturated heterocycles. The van der Waals surface area contributed by atoms with E-state index in [4.69, 9.17) is 15.2 Å². The van der Waals surface area contributed by atoms with Gasteiger partial charge in [0.1, 0.15) is 17.1 Å². The molecule has 0 aliphatic heterocycles. The Morgan fingerprint density at radius 1 is 1.12 bits per heavy atom. The van der Waals surface area contributed by atoms with Crippen LogP contribution in [-0.4, -0.2) is 36.5 Å². The molecule has 3 rings (SSSR count). The van der Waals surface area contributed by atoms with Crippen LogP contribution in [0.25, 0.3) is 0 Å². The second kappa shape index (κ2) is 10.7. The normalized spacial score (nSPS) is 14.0. The summed E-state index contributed by atoms with van der Waals surface area (Å²) < 4.78 is 11.7. The number of ketones is 1. The molecular formula is C27H36N2O4. The van der Waals surface area contributed by atoms with E-state index in [0.29, 0.717) is 42.7 Å². The maximum Gasteiger partial charge on any atom is 0.315 e.